The maximum absolute atomic E-state index is 6.50. The molecule has 9 nitrogen and oxygen atoms in total. The molecule has 34 heavy (non-hydrogen) atoms. The van der Waals surface area contributed by atoms with Crippen LogP contribution >= 0.6 is 0 Å². The van der Waals surface area contributed by atoms with Crippen LogP contribution in [0.25, 0.3) is 16.7 Å². The highest BCUT2D eigenvalue weighted by Crippen LogP contribution is 2.62. The monoisotopic (exact) mass is 458 g/mol. The van der Waals surface area contributed by atoms with E-state index in [2.05, 4.69) is 31.7 Å². The second-order valence-electron chi connectivity index (χ2n) is 10.0. The Bertz CT molecular complexity index is 1470. The van der Waals surface area contributed by atoms with Gasteiger partial charge >= 0.3 is 0 Å². The normalized spacial score (nSPS) is 31.0. The Kier molecular flexibility index (Phi) is 3.87. The van der Waals surface area contributed by atoms with Gasteiger partial charge in [0, 0.05) is 36.3 Å². The summed E-state index contributed by atoms with van der Waals surface area (Å²) in [5, 5.41) is 0.845. The van der Waals surface area contributed by atoms with Gasteiger partial charge in [0.1, 0.15) is 48.0 Å². The van der Waals surface area contributed by atoms with Crippen LogP contribution in [0, 0.1) is 18.3 Å². The van der Waals surface area contributed by atoms with Gasteiger partial charge in [-0.3, -0.25) is 0 Å². The molecular weight excluding hydrogens is 432 g/mol. The maximum Gasteiger partial charge on any atom is 0.163 e. The molecule has 2 aliphatic carbocycles. The first-order chi connectivity index (χ1) is 16.4. The zero-order valence-corrected chi connectivity index (χ0v) is 19.3. The van der Waals surface area contributed by atoms with E-state index in [1.807, 2.05) is 62.0 Å². The van der Waals surface area contributed by atoms with Gasteiger partial charge in [0.25, 0.3) is 0 Å². The van der Waals surface area contributed by atoms with Gasteiger partial charge in [-0.2, -0.15) is 0 Å². The highest BCUT2D eigenvalue weighted by Gasteiger charge is 2.68. The molecule has 0 amide bonds. The Balaban J connectivity index is 1.26. The molecular formula is C25H26N6O3. The number of imidazole rings is 1. The number of nitrogen functional groups attached to an aromatic ring is 1. The van der Waals surface area contributed by atoms with Crippen molar-refractivity contribution in [2.75, 3.05) is 12.3 Å². The number of rotatable bonds is 4. The molecule has 5 heterocycles. The summed E-state index contributed by atoms with van der Waals surface area (Å²) in [6.45, 7) is 6.45. The van der Waals surface area contributed by atoms with Crippen LogP contribution in [0.2, 0.25) is 0 Å². The number of hydrogen-bond donors (Lipinski definition) is 1. The van der Waals surface area contributed by atoms with Gasteiger partial charge in [-0.25, -0.2) is 15.0 Å². The predicted molar refractivity (Wildman–Crippen MR) is 125 cm³/mol. The number of allylic oxidation sites excluding steroid dienone is 1. The van der Waals surface area contributed by atoms with E-state index in [9.17, 15) is 0 Å². The molecule has 0 bridgehead atoms. The van der Waals surface area contributed by atoms with E-state index in [1.165, 1.54) is 6.33 Å². The molecule has 1 aliphatic heterocycles. The summed E-state index contributed by atoms with van der Waals surface area (Å²) >= 11 is 0. The van der Waals surface area contributed by atoms with Crippen molar-refractivity contribution >= 4 is 22.5 Å². The second kappa shape index (κ2) is 6.58. The Morgan fingerprint density at radius 2 is 2.03 bits per heavy atom. The van der Waals surface area contributed by atoms with E-state index in [-0.39, 0.29) is 29.6 Å². The van der Waals surface area contributed by atoms with Gasteiger partial charge in [0.05, 0.1) is 16.8 Å². The average molecular weight is 459 g/mol. The van der Waals surface area contributed by atoms with Crippen molar-refractivity contribution in [3.63, 3.8) is 0 Å². The van der Waals surface area contributed by atoms with Gasteiger partial charge in [-0.1, -0.05) is 12.2 Å². The summed E-state index contributed by atoms with van der Waals surface area (Å²) in [5.41, 5.74) is 8.57. The van der Waals surface area contributed by atoms with Gasteiger partial charge in [0.2, 0.25) is 0 Å². The highest BCUT2D eigenvalue weighted by atomic mass is 16.8. The van der Waals surface area contributed by atoms with Crippen LogP contribution < -0.4 is 10.5 Å². The average Bonchev–Trinajstić information content (AvgIpc) is 3.50. The van der Waals surface area contributed by atoms with Crippen LogP contribution in [0.5, 0.6) is 5.75 Å². The van der Waals surface area contributed by atoms with Crippen molar-refractivity contribution < 1.29 is 14.2 Å². The molecule has 0 radical (unpaired) electrons. The van der Waals surface area contributed by atoms with Crippen LogP contribution in [0.3, 0.4) is 0 Å². The van der Waals surface area contributed by atoms with Crippen molar-refractivity contribution in [2.24, 2.45) is 11.3 Å². The molecule has 0 spiro atoms. The number of aromatic nitrogens is 5. The lowest BCUT2D eigenvalue weighted by molar-refractivity contribution is -0.174. The second-order valence-corrected chi connectivity index (χ2v) is 10.0. The van der Waals surface area contributed by atoms with E-state index in [1.54, 1.807) is 0 Å². The molecule has 2 fully saturated rings. The summed E-state index contributed by atoms with van der Waals surface area (Å²) in [4.78, 5) is 13.1. The fourth-order valence-electron chi connectivity index (χ4n) is 6.01. The quantitative estimate of drug-likeness (QED) is 0.468. The van der Waals surface area contributed by atoms with Crippen LogP contribution in [0.4, 0.5) is 5.82 Å². The van der Waals surface area contributed by atoms with Crippen molar-refractivity contribution in [3.8, 4) is 5.75 Å². The first-order valence-corrected chi connectivity index (χ1v) is 11.5. The fraction of sp³-hybridized carbons (Fsp3) is 0.400. The SMILES string of the molecule is Cc1cnc2cc(OC[C@@]34C=C[C@@H]3[C@@H](n3ccc5c(N)ncnc53)[C@@H]3OC(C)(C)O[C@@H]34)ccn12. The zero-order valence-electron chi connectivity index (χ0n) is 19.3. The number of aryl methyl sites for hydroxylation is 1. The Morgan fingerprint density at radius 3 is 2.85 bits per heavy atom. The molecule has 4 aromatic heterocycles. The number of nitrogens with two attached hydrogens (primary N) is 1. The molecule has 1 saturated heterocycles. The molecule has 0 aromatic carbocycles. The number of fused-ring (bicyclic) bond motifs is 5. The predicted octanol–water partition coefficient (Wildman–Crippen LogP) is 3.30. The summed E-state index contributed by atoms with van der Waals surface area (Å²) in [6, 6.07) is 5.93. The Labute approximate surface area is 196 Å². The van der Waals surface area contributed by atoms with E-state index >= 15 is 0 Å². The number of hydrogen-bond acceptors (Lipinski definition) is 7. The maximum atomic E-state index is 6.50. The standard InChI is InChI=1S/C25H26N6O3/c1-14-11-27-18-10-15(5-8-30(14)18)32-12-25-7-4-17(25)19(20-21(25)34-24(2,3)33-20)31-9-6-16-22(26)28-13-29-23(16)31/h4-11,13,17,19-21H,12H2,1-3H3,(H2,26,28,29)/t17-,19-,20+,21+,25+/m1/s1. The number of ether oxygens (including phenoxy) is 3. The fourth-order valence-corrected chi connectivity index (χ4v) is 6.01. The van der Waals surface area contributed by atoms with Crippen LogP contribution in [0.1, 0.15) is 25.6 Å². The zero-order chi connectivity index (χ0) is 23.2. The van der Waals surface area contributed by atoms with Crippen LogP contribution in [-0.2, 0) is 9.47 Å². The third-order valence-electron chi connectivity index (χ3n) is 7.62. The lowest BCUT2D eigenvalue weighted by Gasteiger charge is -2.43. The summed E-state index contributed by atoms with van der Waals surface area (Å²) in [5.74, 6) is 0.753. The van der Waals surface area contributed by atoms with E-state index in [0.717, 1.165) is 28.1 Å². The minimum atomic E-state index is -0.682. The third kappa shape index (κ3) is 2.59. The smallest absolute Gasteiger partial charge is 0.163 e. The largest absolute Gasteiger partial charge is 0.492 e. The molecule has 9 heteroatoms. The number of pyridine rings is 1. The lowest BCUT2D eigenvalue weighted by atomic mass is 9.67. The van der Waals surface area contributed by atoms with Gasteiger partial charge in [-0.15, -0.1) is 0 Å². The van der Waals surface area contributed by atoms with Gasteiger partial charge in [-0.05, 0) is 32.9 Å². The van der Waals surface area contributed by atoms with Crippen molar-refractivity contribution in [1.29, 1.82) is 0 Å². The highest BCUT2D eigenvalue weighted by molar-refractivity contribution is 5.86. The minimum absolute atomic E-state index is 0.00426. The van der Waals surface area contributed by atoms with Crippen molar-refractivity contribution in [3.05, 3.63) is 61.0 Å². The summed E-state index contributed by atoms with van der Waals surface area (Å²) in [6.07, 6.45) is 11.6. The Morgan fingerprint density at radius 1 is 1.15 bits per heavy atom. The first kappa shape index (κ1) is 20.0. The first-order valence-electron chi connectivity index (χ1n) is 11.5. The summed E-state index contributed by atoms with van der Waals surface area (Å²) < 4.78 is 23.6. The van der Waals surface area contributed by atoms with E-state index in [4.69, 9.17) is 19.9 Å². The molecule has 1 saturated carbocycles. The van der Waals surface area contributed by atoms with E-state index < -0.39 is 5.79 Å². The van der Waals surface area contributed by atoms with Gasteiger partial charge < -0.3 is 28.9 Å². The molecule has 0 unspecified atom stereocenters. The Hall–Kier alpha value is -3.43. The minimum Gasteiger partial charge on any atom is -0.492 e. The number of anilines is 1. The topological polar surface area (TPSA) is 102 Å². The van der Waals surface area contributed by atoms with Crippen LogP contribution in [-0.4, -0.2) is 48.5 Å². The molecule has 3 aliphatic rings. The molecule has 2 N–H and O–H groups in total. The molecule has 4 aromatic rings. The van der Waals surface area contributed by atoms with Gasteiger partial charge in [0.15, 0.2) is 5.79 Å². The third-order valence-corrected chi connectivity index (χ3v) is 7.62. The van der Waals surface area contributed by atoms with Crippen molar-refractivity contribution in [1.82, 2.24) is 23.9 Å². The molecule has 5 atom stereocenters. The summed E-state index contributed by atoms with van der Waals surface area (Å²) in [7, 11) is 0. The van der Waals surface area contributed by atoms with Crippen LogP contribution in [0.15, 0.2) is 55.3 Å². The molecule has 174 valence electrons. The van der Waals surface area contributed by atoms with Crippen molar-refractivity contribution in [2.45, 2.75) is 44.8 Å². The number of nitrogens with zero attached hydrogens (tertiary/aromatic N) is 5. The lowest BCUT2D eigenvalue weighted by Crippen LogP contribution is -2.47. The van der Waals surface area contributed by atoms with E-state index in [0.29, 0.717) is 12.4 Å². The molecule has 7 rings (SSSR count).